The molecule has 2 heterocycles. The zero-order valence-corrected chi connectivity index (χ0v) is 12.7. The molecule has 2 aromatic rings. The molecule has 4 heteroatoms. The van der Waals surface area contributed by atoms with Crippen LogP contribution in [0, 0.1) is 6.92 Å². The molecule has 4 nitrogen and oxygen atoms in total. The van der Waals surface area contributed by atoms with Crippen molar-refractivity contribution in [1.29, 1.82) is 0 Å². The molecule has 1 N–H and O–H groups in total. The molecule has 108 valence electrons. The molecule has 0 aliphatic heterocycles. The van der Waals surface area contributed by atoms with Gasteiger partial charge in [-0.25, -0.2) is 9.50 Å². The molecule has 0 atom stereocenters. The Labute approximate surface area is 120 Å². The van der Waals surface area contributed by atoms with Gasteiger partial charge in [0.1, 0.15) is 0 Å². The molecule has 0 amide bonds. The highest BCUT2D eigenvalue weighted by Gasteiger charge is 2.20. The number of nitrogens with one attached hydrogen (secondary N) is 1. The minimum absolute atomic E-state index is 0.348. The maximum atomic E-state index is 4.62. The normalized spacial score (nSPS) is 17.0. The molecule has 0 spiro atoms. The summed E-state index contributed by atoms with van der Waals surface area (Å²) >= 11 is 0. The molecule has 0 bridgehead atoms. The average Bonchev–Trinajstić information content (AvgIpc) is 2.76. The predicted octanol–water partition coefficient (Wildman–Crippen LogP) is 3.91. The van der Waals surface area contributed by atoms with E-state index in [1.165, 1.54) is 48.9 Å². The fourth-order valence-electron chi connectivity index (χ4n) is 3.24. The zero-order valence-electron chi connectivity index (χ0n) is 12.7. The second-order valence-electron chi connectivity index (χ2n) is 6.25. The number of anilines is 1. The maximum absolute atomic E-state index is 4.62. The van der Waals surface area contributed by atoms with Gasteiger partial charge in [0.25, 0.3) is 0 Å². The summed E-state index contributed by atoms with van der Waals surface area (Å²) in [5.41, 5.74) is 3.83. The van der Waals surface area contributed by atoms with Crippen molar-refractivity contribution in [2.75, 3.05) is 5.32 Å². The third kappa shape index (κ3) is 2.51. The second-order valence-corrected chi connectivity index (χ2v) is 6.25. The summed E-state index contributed by atoms with van der Waals surface area (Å²) in [5, 5.41) is 7.89. The largest absolute Gasteiger partial charge is 0.351 e. The van der Waals surface area contributed by atoms with E-state index in [1.807, 2.05) is 10.7 Å². The zero-order chi connectivity index (χ0) is 14.1. The van der Waals surface area contributed by atoms with Crippen molar-refractivity contribution >= 4 is 11.5 Å². The number of hydrogen-bond acceptors (Lipinski definition) is 3. The van der Waals surface area contributed by atoms with E-state index in [2.05, 4.69) is 42.2 Å². The molecule has 3 rings (SSSR count). The van der Waals surface area contributed by atoms with E-state index < -0.39 is 0 Å². The van der Waals surface area contributed by atoms with E-state index in [1.54, 1.807) is 0 Å². The van der Waals surface area contributed by atoms with Crippen LogP contribution in [0.1, 0.15) is 63.1 Å². The van der Waals surface area contributed by atoms with Gasteiger partial charge in [0.2, 0.25) is 5.95 Å². The molecule has 0 aromatic carbocycles. The summed E-state index contributed by atoms with van der Waals surface area (Å²) in [5.74, 6) is 1.40. The number of aromatic nitrogens is 3. The first-order valence-electron chi connectivity index (χ1n) is 7.77. The summed E-state index contributed by atoms with van der Waals surface area (Å²) in [6.45, 7) is 6.33. The summed E-state index contributed by atoms with van der Waals surface area (Å²) in [6.07, 6.45) is 8.70. The highest BCUT2D eigenvalue weighted by atomic mass is 15.3. The summed E-state index contributed by atoms with van der Waals surface area (Å²) in [4.78, 5) is 4.47. The lowest BCUT2D eigenvalue weighted by Gasteiger charge is -2.21. The van der Waals surface area contributed by atoms with Crippen molar-refractivity contribution in [2.45, 2.75) is 64.8 Å². The van der Waals surface area contributed by atoms with E-state index in [4.69, 9.17) is 0 Å². The van der Waals surface area contributed by atoms with Crippen LogP contribution in [0.2, 0.25) is 0 Å². The quantitative estimate of drug-likeness (QED) is 0.921. The third-order valence-electron chi connectivity index (χ3n) is 4.19. The fraction of sp³-hybridized carbons (Fsp3) is 0.625. The highest BCUT2D eigenvalue weighted by Crippen LogP contribution is 2.35. The first-order valence-corrected chi connectivity index (χ1v) is 7.77. The van der Waals surface area contributed by atoms with Crippen LogP contribution in [0.15, 0.2) is 12.3 Å². The van der Waals surface area contributed by atoms with Crippen molar-refractivity contribution in [3.05, 3.63) is 23.5 Å². The van der Waals surface area contributed by atoms with Crippen LogP contribution in [0.25, 0.3) is 5.52 Å². The van der Waals surface area contributed by atoms with Gasteiger partial charge in [-0.05, 0) is 51.2 Å². The molecule has 1 saturated carbocycles. The Morgan fingerprint density at radius 2 is 2.00 bits per heavy atom. The maximum Gasteiger partial charge on any atom is 0.241 e. The van der Waals surface area contributed by atoms with Gasteiger partial charge in [-0.3, -0.25) is 0 Å². The number of nitrogens with zero attached hydrogens (tertiary/aromatic N) is 3. The summed E-state index contributed by atoms with van der Waals surface area (Å²) < 4.78 is 2.04. The molecular weight excluding hydrogens is 248 g/mol. The molecule has 0 radical (unpaired) electrons. The lowest BCUT2D eigenvalue weighted by atomic mass is 9.84. The monoisotopic (exact) mass is 272 g/mol. The number of rotatable bonds is 3. The fourth-order valence-corrected chi connectivity index (χ4v) is 3.24. The standard InChI is InChI=1S/C16H24N4/c1-11(2)18-16-17-10-15-14(9-12(3)20(15)19-16)13-7-5-4-6-8-13/h9-11,13H,4-8H2,1-3H3,(H,18,19). The van der Waals surface area contributed by atoms with Crippen molar-refractivity contribution in [1.82, 2.24) is 14.6 Å². The summed E-state index contributed by atoms with van der Waals surface area (Å²) in [6, 6.07) is 2.65. The number of aryl methyl sites for hydroxylation is 1. The van der Waals surface area contributed by atoms with Gasteiger partial charge < -0.3 is 5.32 Å². The lowest BCUT2D eigenvalue weighted by Crippen LogP contribution is -2.14. The van der Waals surface area contributed by atoms with Crippen molar-refractivity contribution in [2.24, 2.45) is 0 Å². The van der Waals surface area contributed by atoms with E-state index in [-0.39, 0.29) is 0 Å². The van der Waals surface area contributed by atoms with Crippen molar-refractivity contribution in [3.8, 4) is 0 Å². The van der Waals surface area contributed by atoms with E-state index in [9.17, 15) is 0 Å². The van der Waals surface area contributed by atoms with Gasteiger partial charge in [-0.15, -0.1) is 5.10 Å². The van der Waals surface area contributed by atoms with E-state index in [0.29, 0.717) is 17.9 Å². The molecule has 1 aliphatic carbocycles. The van der Waals surface area contributed by atoms with Crippen molar-refractivity contribution < 1.29 is 0 Å². The Balaban J connectivity index is 1.98. The van der Waals surface area contributed by atoms with Crippen LogP contribution in [-0.2, 0) is 0 Å². The van der Waals surface area contributed by atoms with E-state index >= 15 is 0 Å². The van der Waals surface area contributed by atoms with Gasteiger partial charge in [0.15, 0.2) is 0 Å². The van der Waals surface area contributed by atoms with Crippen LogP contribution in [0.5, 0.6) is 0 Å². The topological polar surface area (TPSA) is 42.2 Å². The third-order valence-corrected chi connectivity index (χ3v) is 4.19. The van der Waals surface area contributed by atoms with Gasteiger partial charge in [0.05, 0.1) is 11.7 Å². The van der Waals surface area contributed by atoms with Gasteiger partial charge in [-0.1, -0.05) is 19.3 Å². The molecule has 0 saturated heterocycles. The second kappa shape index (κ2) is 5.43. The Hall–Kier alpha value is -1.58. The predicted molar refractivity (Wildman–Crippen MR) is 82.3 cm³/mol. The molecular formula is C16H24N4. The lowest BCUT2D eigenvalue weighted by molar-refractivity contribution is 0.445. The van der Waals surface area contributed by atoms with Gasteiger partial charge in [0, 0.05) is 11.7 Å². The summed E-state index contributed by atoms with van der Waals surface area (Å²) in [7, 11) is 0. The molecule has 0 unspecified atom stereocenters. The minimum Gasteiger partial charge on any atom is -0.351 e. The Bertz CT molecular complexity index is 594. The number of hydrogen-bond donors (Lipinski definition) is 1. The Morgan fingerprint density at radius 1 is 1.25 bits per heavy atom. The van der Waals surface area contributed by atoms with Crippen LogP contribution >= 0.6 is 0 Å². The van der Waals surface area contributed by atoms with Crippen LogP contribution in [-0.4, -0.2) is 20.6 Å². The SMILES string of the molecule is Cc1cc(C2CCCCC2)c2cnc(NC(C)C)nn12. The minimum atomic E-state index is 0.348. The molecule has 1 aliphatic rings. The molecule has 1 fully saturated rings. The van der Waals surface area contributed by atoms with Crippen LogP contribution < -0.4 is 5.32 Å². The highest BCUT2D eigenvalue weighted by molar-refractivity contribution is 5.58. The van der Waals surface area contributed by atoms with Crippen molar-refractivity contribution in [3.63, 3.8) is 0 Å². The van der Waals surface area contributed by atoms with E-state index in [0.717, 1.165) is 0 Å². The molecule has 20 heavy (non-hydrogen) atoms. The number of fused-ring (bicyclic) bond motifs is 1. The van der Waals surface area contributed by atoms with Gasteiger partial charge in [-0.2, -0.15) is 0 Å². The average molecular weight is 272 g/mol. The first kappa shape index (κ1) is 13.4. The Kier molecular flexibility index (Phi) is 3.64. The Morgan fingerprint density at radius 3 is 2.70 bits per heavy atom. The van der Waals surface area contributed by atoms with Crippen LogP contribution in [0.3, 0.4) is 0 Å². The van der Waals surface area contributed by atoms with Crippen LogP contribution in [0.4, 0.5) is 5.95 Å². The van der Waals surface area contributed by atoms with Gasteiger partial charge >= 0.3 is 0 Å². The molecule has 2 aromatic heterocycles. The first-order chi connectivity index (χ1) is 9.65. The smallest absolute Gasteiger partial charge is 0.241 e.